The highest BCUT2D eigenvalue weighted by atomic mass is 35.5. The molecule has 0 saturated carbocycles. The van der Waals surface area contributed by atoms with Gasteiger partial charge in [-0.15, -0.1) is 11.3 Å². The second kappa shape index (κ2) is 10.8. The van der Waals surface area contributed by atoms with Gasteiger partial charge in [-0.2, -0.15) is 0 Å². The summed E-state index contributed by atoms with van der Waals surface area (Å²) in [5.74, 6) is -2.49. The summed E-state index contributed by atoms with van der Waals surface area (Å²) < 4.78 is 10.2. The van der Waals surface area contributed by atoms with Crippen molar-refractivity contribution in [2.75, 3.05) is 19.5 Å². The third-order valence-electron chi connectivity index (χ3n) is 5.95. The Kier molecular flexibility index (Phi) is 7.78. The molecule has 4 rings (SSSR count). The fourth-order valence-electron chi connectivity index (χ4n) is 4.30. The van der Waals surface area contributed by atoms with E-state index in [2.05, 4.69) is 10.3 Å². The lowest BCUT2D eigenvalue weighted by Crippen LogP contribution is -2.36. The monoisotopic (exact) mass is 543 g/mol. The molecule has 3 aromatic rings. The number of carbonyl (C=O) groups is 2. The van der Waals surface area contributed by atoms with Crippen molar-refractivity contribution in [1.29, 1.82) is 0 Å². The van der Waals surface area contributed by atoms with Crippen LogP contribution >= 0.6 is 34.5 Å². The molecule has 2 aromatic carbocycles. The molecule has 0 radical (unpaired) electrons. The molecular formula is C26H23Cl2N3O4S. The van der Waals surface area contributed by atoms with Crippen LogP contribution in [-0.2, 0) is 19.1 Å². The number of aromatic nitrogens is 1. The third-order valence-corrected chi connectivity index (χ3v) is 7.44. The first-order chi connectivity index (χ1) is 17.2. The number of allylic oxidation sites excluding steroid dienone is 1. The number of carbonyl (C=O) groups excluding carboxylic acids is 2. The molecule has 10 heteroatoms. The number of hydrogen-bond donors (Lipinski definition) is 1. The van der Waals surface area contributed by atoms with E-state index in [0.29, 0.717) is 43.4 Å². The summed E-state index contributed by atoms with van der Waals surface area (Å²) in [5, 5.41) is 6.80. The minimum atomic E-state index is -0.793. The smallest absolute Gasteiger partial charge is 0.336 e. The lowest BCUT2D eigenvalue weighted by molar-refractivity contribution is -0.143. The Morgan fingerprint density at radius 3 is 2.47 bits per heavy atom. The highest BCUT2D eigenvalue weighted by molar-refractivity contribution is 7.14. The molecule has 1 aliphatic rings. The fraction of sp³-hybridized carbons (Fsp3) is 0.231. The van der Waals surface area contributed by atoms with Crippen molar-refractivity contribution in [2.45, 2.75) is 19.8 Å². The minimum Gasteiger partial charge on any atom is -0.468 e. The van der Waals surface area contributed by atoms with Crippen LogP contribution in [0.3, 0.4) is 0 Å². The number of nitrogens with one attached hydrogen (secondary N) is 1. The molecule has 0 spiro atoms. The summed E-state index contributed by atoms with van der Waals surface area (Å²) in [6, 6.07) is 12.8. The molecule has 1 aromatic heterocycles. The number of esters is 2. The van der Waals surface area contributed by atoms with E-state index in [1.54, 1.807) is 26.0 Å². The van der Waals surface area contributed by atoms with Crippen LogP contribution in [0, 0.1) is 5.92 Å². The highest BCUT2D eigenvalue weighted by Crippen LogP contribution is 2.43. The third kappa shape index (κ3) is 5.02. The number of rotatable bonds is 6. The molecule has 7 nitrogen and oxygen atoms in total. The first-order valence-corrected chi connectivity index (χ1v) is 12.6. The Morgan fingerprint density at radius 1 is 1.03 bits per heavy atom. The molecule has 36 heavy (non-hydrogen) atoms. The molecule has 2 heterocycles. The van der Waals surface area contributed by atoms with Crippen LogP contribution < -0.4 is 5.32 Å². The van der Waals surface area contributed by atoms with E-state index in [1.165, 1.54) is 25.6 Å². The molecule has 1 N–H and O–H groups in total. The van der Waals surface area contributed by atoms with Crippen LogP contribution in [0.1, 0.15) is 25.3 Å². The van der Waals surface area contributed by atoms with Crippen LogP contribution in [0.5, 0.6) is 0 Å². The van der Waals surface area contributed by atoms with Gasteiger partial charge in [0.05, 0.1) is 35.5 Å². The normalized spacial score (nSPS) is 17.4. The van der Waals surface area contributed by atoms with Gasteiger partial charge in [-0.25, -0.2) is 9.78 Å². The van der Waals surface area contributed by atoms with Crippen molar-refractivity contribution in [2.24, 2.45) is 10.9 Å². The van der Waals surface area contributed by atoms with Crippen molar-refractivity contribution >= 4 is 63.0 Å². The molecule has 2 atom stereocenters. The van der Waals surface area contributed by atoms with Gasteiger partial charge in [-0.1, -0.05) is 47.5 Å². The Morgan fingerprint density at radius 2 is 1.78 bits per heavy atom. The standard InChI is InChI=1S/C26H23Cl2N3O4S/c1-13-21(24(32)34-3)23(22(14(2)29-13)25(33)35-4)16-7-5-6-8-19(16)30-26-31-20(12-36-26)15-9-10-17(27)18(28)11-15/h5-12,21,23H,1-4H3,(H,30,31). The summed E-state index contributed by atoms with van der Waals surface area (Å²) in [5.41, 5.74) is 4.33. The van der Waals surface area contributed by atoms with Gasteiger partial charge in [0.15, 0.2) is 5.13 Å². The highest BCUT2D eigenvalue weighted by Gasteiger charge is 2.43. The van der Waals surface area contributed by atoms with E-state index < -0.39 is 23.8 Å². The lowest BCUT2D eigenvalue weighted by Gasteiger charge is -2.32. The van der Waals surface area contributed by atoms with Gasteiger partial charge >= 0.3 is 11.9 Å². The number of para-hydroxylation sites is 1. The Balaban J connectivity index is 1.76. The van der Waals surface area contributed by atoms with Crippen LogP contribution in [0.25, 0.3) is 11.3 Å². The topological polar surface area (TPSA) is 89.9 Å². The summed E-state index contributed by atoms with van der Waals surface area (Å²) in [4.78, 5) is 34.9. The molecule has 0 fully saturated rings. The van der Waals surface area contributed by atoms with Crippen LogP contribution in [-0.4, -0.2) is 36.9 Å². The maximum atomic E-state index is 12.9. The molecule has 0 aliphatic carbocycles. The van der Waals surface area contributed by atoms with Gasteiger partial charge < -0.3 is 14.8 Å². The molecule has 0 amide bonds. The van der Waals surface area contributed by atoms with E-state index in [0.717, 1.165) is 11.3 Å². The van der Waals surface area contributed by atoms with E-state index in [1.807, 2.05) is 35.7 Å². The Labute approximate surface area is 222 Å². The first-order valence-electron chi connectivity index (χ1n) is 10.9. The fourth-order valence-corrected chi connectivity index (χ4v) is 5.33. The molecule has 0 saturated heterocycles. The van der Waals surface area contributed by atoms with E-state index >= 15 is 0 Å². The number of hydrogen-bond acceptors (Lipinski definition) is 8. The predicted molar refractivity (Wildman–Crippen MR) is 143 cm³/mol. The number of thiazole rings is 1. The van der Waals surface area contributed by atoms with Crippen LogP contribution in [0.2, 0.25) is 10.0 Å². The van der Waals surface area contributed by atoms with Crippen LogP contribution in [0.4, 0.5) is 10.8 Å². The van der Waals surface area contributed by atoms with Gasteiger partial charge in [0, 0.05) is 34.0 Å². The maximum Gasteiger partial charge on any atom is 0.336 e. The molecule has 0 bridgehead atoms. The Bertz CT molecular complexity index is 1400. The zero-order valence-electron chi connectivity index (χ0n) is 20.0. The summed E-state index contributed by atoms with van der Waals surface area (Å²) in [6.07, 6.45) is 0. The summed E-state index contributed by atoms with van der Waals surface area (Å²) in [6.45, 7) is 3.49. The van der Waals surface area contributed by atoms with Crippen molar-refractivity contribution in [3.05, 3.63) is 74.7 Å². The van der Waals surface area contributed by atoms with Crippen molar-refractivity contribution < 1.29 is 19.1 Å². The molecule has 2 unspecified atom stereocenters. The number of benzene rings is 2. The maximum absolute atomic E-state index is 12.9. The average Bonchev–Trinajstić information content (AvgIpc) is 3.33. The number of nitrogens with zero attached hydrogens (tertiary/aromatic N) is 2. The van der Waals surface area contributed by atoms with Crippen molar-refractivity contribution in [3.63, 3.8) is 0 Å². The second-order valence-electron chi connectivity index (χ2n) is 8.10. The van der Waals surface area contributed by atoms with E-state index in [4.69, 9.17) is 37.7 Å². The van der Waals surface area contributed by atoms with Gasteiger partial charge in [0.25, 0.3) is 0 Å². The van der Waals surface area contributed by atoms with Crippen molar-refractivity contribution in [1.82, 2.24) is 4.98 Å². The zero-order valence-corrected chi connectivity index (χ0v) is 22.3. The predicted octanol–water partition coefficient (Wildman–Crippen LogP) is 6.65. The van der Waals surface area contributed by atoms with E-state index in [9.17, 15) is 9.59 Å². The molecule has 1 aliphatic heterocycles. The first kappa shape index (κ1) is 25.9. The van der Waals surface area contributed by atoms with E-state index in [-0.39, 0.29) is 0 Å². The zero-order chi connectivity index (χ0) is 26.0. The molecule has 186 valence electrons. The van der Waals surface area contributed by atoms with Crippen LogP contribution in [0.15, 0.2) is 64.1 Å². The number of aliphatic imine (C=N–C) groups is 1. The van der Waals surface area contributed by atoms with Gasteiger partial charge in [-0.3, -0.25) is 9.79 Å². The average molecular weight is 544 g/mol. The number of halogens is 2. The van der Waals surface area contributed by atoms with Gasteiger partial charge in [0.2, 0.25) is 0 Å². The minimum absolute atomic E-state index is 0.309. The Hall–Kier alpha value is -3.20. The second-order valence-corrected chi connectivity index (χ2v) is 9.77. The lowest BCUT2D eigenvalue weighted by atomic mass is 9.75. The van der Waals surface area contributed by atoms with Gasteiger partial charge in [-0.05, 0) is 37.6 Å². The summed E-state index contributed by atoms with van der Waals surface area (Å²) in [7, 11) is 2.63. The SMILES string of the molecule is COC(=O)C1=C(C)N=C(C)C(C(=O)OC)C1c1ccccc1Nc1nc(-c2ccc(Cl)c(Cl)c2)cs1. The summed E-state index contributed by atoms with van der Waals surface area (Å²) >= 11 is 13.6. The number of anilines is 2. The van der Waals surface area contributed by atoms with Crippen molar-refractivity contribution in [3.8, 4) is 11.3 Å². The quantitative estimate of drug-likeness (QED) is 0.350. The number of methoxy groups -OCH3 is 2. The molecular weight excluding hydrogens is 521 g/mol. The van der Waals surface area contributed by atoms with Gasteiger partial charge in [0.1, 0.15) is 5.92 Å². The largest absolute Gasteiger partial charge is 0.468 e. The number of ether oxygens (including phenoxy) is 2.